The van der Waals surface area contributed by atoms with Crippen molar-refractivity contribution < 1.29 is 0 Å². The summed E-state index contributed by atoms with van der Waals surface area (Å²) < 4.78 is 2.03. The number of hydrogen-bond donors (Lipinski definition) is 1. The summed E-state index contributed by atoms with van der Waals surface area (Å²) in [7, 11) is 0. The maximum Gasteiger partial charge on any atom is 0.258 e. The Labute approximate surface area is 198 Å². The molecule has 0 fully saturated rings. The van der Waals surface area contributed by atoms with Gasteiger partial charge in [-0.15, -0.1) is 10.2 Å². The average Bonchev–Trinajstić information content (AvgIpc) is 3.08. The van der Waals surface area contributed by atoms with Gasteiger partial charge in [0.25, 0.3) is 5.56 Å². The molecule has 0 unspecified atom stereocenters. The van der Waals surface area contributed by atoms with Gasteiger partial charge in [-0.1, -0.05) is 60.4 Å². The number of benzene rings is 2. The van der Waals surface area contributed by atoms with E-state index in [0.29, 0.717) is 61.0 Å². The van der Waals surface area contributed by atoms with Crippen molar-refractivity contribution in [2.45, 2.75) is 31.3 Å². The molecule has 160 valence electrons. The monoisotopic (exact) mass is 493 g/mol. The van der Waals surface area contributed by atoms with Crippen LogP contribution in [0.4, 0.5) is 0 Å². The second-order valence-corrected chi connectivity index (χ2v) is 9.62. The lowest BCUT2D eigenvalue weighted by molar-refractivity contribution is 0.498. The molecule has 31 heavy (non-hydrogen) atoms. The Morgan fingerprint density at radius 3 is 2.55 bits per heavy atom. The van der Waals surface area contributed by atoms with Crippen LogP contribution < -0.4 is 5.56 Å². The highest BCUT2D eigenvalue weighted by Gasteiger charge is 2.18. The maximum atomic E-state index is 12.4. The number of thioether (sulfide) groups is 1. The van der Waals surface area contributed by atoms with Gasteiger partial charge in [0.05, 0.1) is 21.7 Å². The molecule has 0 atom stereocenters. The number of hydrogen-bond acceptors (Lipinski definition) is 5. The third kappa shape index (κ3) is 4.90. The zero-order chi connectivity index (χ0) is 22.1. The fourth-order valence-electron chi connectivity index (χ4n) is 3.16. The largest absolute Gasteiger partial charge is 0.309 e. The molecule has 10 heteroatoms. The van der Waals surface area contributed by atoms with E-state index in [1.54, 1.807) is 30.3 Å². The highest BCUT2D eigenvalue weighted by molar-refractivity contribution is 7.98. The van der Waals surface area contributed by atoms with Crippen molar-refractivity contribution in [1.82, 2.24) is 24.7 Å². The lowest BCUT2D eigenvalue weighted by Crippen LogP contribution is -2.12. The minimum absolute atomic E-state index is 0.222. The van der Waals surface area contributed by atoms with Gasteiger partial charge in [0.15, 0.2) is 11.0 Å². The third-order valence-electron chi connectivity index (χ3n) is 4.49. The average molecular weight is 495 g/mol. The molecule has 4 aromatic rings. The SMILES string of the molecule is CC(C)Cn1c(SCc2nc3ccc(Cl)cc3c(=O)[nH]2)nnc1-c1ccc(Cl)cc1Cl. The minimum atomic E-state index is -0.222. The molecule has 0 bridgehead atoms. The van der Waals surface area contributed by atoms with Crippen LogP contribution in [0.3, 0.4) is 0 Å². The van der Waals surface area contributed by atoms with Gasteiger partial charge in [0.2, 0.25) is 0 Å². The normalized spacial score (nSPS) is 11.5. The summed E-state index contributed by atoms with van der Waals surface area (Å²) in [6.07, 6.45) is 0. The summed E-state index contributed by atoms with van der Waals surface area (Å²) in [5, 5.41) is 11.5. The summed E-state index contributed by atoms with van der Waals surface area (Å²) in [4.78, 5) is 19.8. The quantitative estimate of drug-likeness (QED) is 0.328. The van der Waals surface area contributed by atoms with Gasteiger partial charge in [-0.2, -0.15) is 0 Å². The molecule has 0 amide bonds. The molecule has 0 saturated heterocycles. The van der Waals surface area contributed by atoms with Crippen molar-refractivity contribution in [2.24, 2.45) is 5.92 Å². The maximum absolute atomic E-state index is 12.4. The zero-order valence-corrected chi connectivity index (χ0v) is 19.8. The number of nitrogens with one attached hydrogen (secondary N) is 1. The van der Waals surface area contributed by atoms with E-state index in [1.807, 2.05) is 10.6 Å². The molecule has 6 nitrogen and oxygen atoms in total. The van der Waals surface area contributed by atoms with Crippen LogP contribution in [-0.2, 0) is 12.3 Å². The summed E-state index contributed by atoms with van der Waals surface area (Å²) in [6, 6.07) is 10.4. The lowest BCUT2D eigenvalue weighted by atomic mass is 10.2. The van der Waals surface area contributed by atoms with Gasteiger partial charge in [0.1, 0.15) is 5.82 Å². The number of aromatic nitrogens is 5. The van der Waals surface area contributed by atoms with Crippen LogP contribution in [-0.4, -0.2) is 24.7 Å². The molecule has 2 heterocycles. The highest BCUT2D eigenvalue weighted by atomic mass is 35.5. The van der Waals surface area contributed by atoms with E-state index in [1.165, 1.54) is 11.8 Å². The van der Waals surface area contributed by atoms with Gasteiger partial charge in [0, 0.05) is 22.2 Å². The third-order valence-corrected chi connectivity index (χ3v) is 6.25. The summed E-state index contributed by atoms with van der Waals surface area (Å²) >= 11 is 19.9. The number of fused-ring (bicyclic) bond motifs is 1. The molecule has 2 aromatic heterocycles. The van der Waals surface area contributed by atoms with Gasteiger partial charge in [-0.3, -0.25) is 4.79 Å². The predicted octanol–water partition coefficient (Wildman–Crippen LogP) is 6.09. The molecule has 4 rings (SSSR count). The van der Waals surface area contributed by atoms with Gasteiger partial charge in [-0.05, 0) is 42.3 Å². The van der Waals surface area contributed by atoms with Crippen molar-refractivity contribution in [3.63, 3.8) is 0 Å². The Morgan fingerprint density at radius 2 is 1.81 bits per heavy atom. The Balaban J connectivity index is 1.66. The van der Waals surface area contributed by atoms with E-state index in [-0.39, 0.29) is 5.56 Å². The Bertz CT molecular complexity index is 1320. The van der Waals surface area contributed by atoms with Crippen molar-refractivity contribution in [1.29, 1.82) is 0 Å². The highest BCUT2D eigenvalue weighted by Crippen LogP contribution is 2.32. The van der Waals surface area contributed by atoms with Crippen molar-refractivity contribution in [3.05, 3.63) is 67.6 Å². The molecular formula is C21H18Cl3N5OS. The summed E-state index contributed by atoms with van der Waals surface area (Å²) in [5.41, 5.74) is 1.14. The predicted molar refractivity (Wildman–Crippen MR) is 127 cm³/mol. The molecule has 0 spiro atoms. The van der Waals surface area contributed by atoms with Crippen LogP contribution in [0.15, 0.2) is 46.3 Å². The van der Waals surface area contributed by atoms with Crippen LogP contribution in [0.1, 0.15) is 19.7 Å². The Morgan fingerprint density at radius 1 is 1.06 bits per heavy atom. The van der Waals surface area contributed by atoms with Crippen molar-refractivity contribution in [2.75, 3.05) is 0 Å². The van der Waals surface area contributed by atoms with Crippen LogP contribution in [0.2, 0.25) is 15.1 Å². The molecular weight excluding hydrogens is 477 g/mol. The second-order valence-electron chi connectivity index (χ2n) is 7.40. The molecule has 1 N–H and O–H groups in total. The second kappa shape index (κ2) is 9.20. The van der Waals surface area contributed by atoms with E-state index in [9.17, 15) is 4.79 Å². The van der Waals surface area contributed by atoms with Crippen molar-refractivity contribution in [3.8, 4) is 11.4 Å². The molecule has 2 aromatic carbocycles. The molecule has 0 aliphatic carbocycles. The summed E-state index contributed by atoms with van der Waals surface area (Å²) in [6.45, 7) is 4.95. The van der Waals surface area contributed by atoms with Crippen LogP contribution in [0, 0.1) is 5.92 Å². The van der Waals surface area contributed by atoms with E-state index < -0.39 is 0 Å². The van der Waals surface area contributed by atoms with E-state index >= 15 is 0 Å². The van der Waals surface area contributed by atoms with Gasteiger partial charge >= 0.3 is 0 Å². The fraction of sp³-hybridized carbons (Fsp3) is 0.238. The smallest absolute Gasteiger partial charge is 0.258 e. The number of halogens is 3. The van der Waals surface area contributed by atoms with Crippen LogP contribution >= 0.6 is 46.6 Å². The topological polar surface area (TPSA) is 76.5 Å². The lowest BCUT2D eigenvalue weighted by Gasteiger charge is -2.13. The first kappa shape index (κ1) is 22.1. The first-order valence-electron chi connectivity index (χ1n) is 9.51. The number of rotatable bonds is 6. The van der Waals surface area contributed by atoms with E-state index in [4.69, 9.17) is 34.8 Å². The van der Waals surface area contributed by atoms with E-state index in [2.05, 4.69) is 34.0 Å². The van der Waals surface area contributed by atoms with Crippen LogP contribution in [0.25, 0.3) is 22.3 Å². The van der Waals surface area contributed by atoms with Gasteiger partial charge in [-0.25, -0.2) is 4.98 Å². The summed E-state index contributed by atoms with van der Waals surface area (Å²) in [5.74, 6) is 2.02. The standard InChI is InChI=1S/C21H18Cl3N5OS/c1-11(2)9-29-19(14-5-3-13(23)8-16(14)24)27-28-21(29)31-10-18-25-17-6-4-12(22)7-15(17)20(30)26-18/h3-8,11H,9-10H2,1-2H3,(H,25,26,30). The first-order chi connectivity index (χ1) is 14.8. The molecule has 0 radical (unpaired) electrons. The van der Waals surface area contributed by atoms with Crippen LogP contribution in [0.5, 0.6) is 0 Å². The van der Waals surface area contributed by atoms with E-state index in [0.717, 1.165) is 5.56 Å². The zero-order valence-electron chi connectivity index (χ0n) is 16.7. The fourth-order valence-corrected chi connectivity index (χ4v) is 4.64. The van der Waals surface area contributed by atoms with Gasteiger partial charge < -0.3 is 9.55 Å². The number of aromatic amines is 1. The molecule has 0 aliphatic rings. The number of nitrogens with zero attached hydrogens (tertiary/aromatic N) is 4. The van der Waals surface area contributed by atoms with Crippen molar-refractivity contribution >= 4 is 57.5 Å². The Hall–Kier alpha value is -2.06. The molecule has 0 aliphatic heterocycles. The number of H-pyrrole nitrogens is 1. The molecule has 0 saturated carbocycles. The first-order valence-corrected chi connectivity index (χ1v) is 11.6. The minimum Gasteiger partial charge on any atom is -0.309 e. The Kier molecular flexibility index (Phi) is 6.57.